The number of fused-ring (bicyclic) bond motifs is 13. The highest BCUT2D eigenvalue weighted by Crippen LogP contribution is 2.31. The van der Waals surface area contributed by atoms with Crippen LogP contribution in [0.1, 0.15) is 70.4 Å². The number of hydrogen-bond acceptors (Lipinski definition) is 12. The summed E-state index contributed by atoms with van der Waals surface area (Å²) in [5.41, 5.74) is 6.70. The van der Waals surface area contributed by atoms with E-state index in [1.165, 1.54) is 11.1 Å². The third-order valence-corrected chi connectivity index (χ3v) is 9.11. The molecule has 2 amide bonds. The van der Waals surface area contributed by atoms with Gasteiger partial charge in [0, 0.05) is 37.7 Å². The van der Waals surface area contributed by atoms with Gasteiger partial charge in [-0.1, -0.05) is 24.3 Å². The van der Waals surface area contributed by atoms with E-state index < -0.39 is 34.2 Å². The summed E-state index contributed by atoms with van der Waals surface area (Å²) in [6.07, 6.45) is 1.56. The van der Waals surface area contributed by atoms with Gasteiger partial charge in [-0.15, -0.1) is 0 Å². The van der Waals surface area contributed by atoms with Gasteiger partial charge < -0.3 is 39.6 Å². The maximum absolute atomic E-state index is 13.7. The number of nitrogen functional groups attached to an aromatic ring is 1. The molecule has 2 aliphatic heterocycles. The summed E-state index contributed by atoms with van der Waals surface area (Å²) in [5, 5.41) is 2.85. The number of carbonyl (C=O) groups excluding carboxylic acids is 3. The lowest BCUT2D eigenvalue weighted by Crippen LogP contribution is -2.34. The molecule has 0 radical (unpaired) electrons. The van der Waals surface area contributed by atoms with Gasteiger partial charge in [-0.25, -0.2) is 23.3 Å². The Hall–Kier alpha value is -4.64. The van der Waals surface area contributed by atoms with Crippen molar-refractivity contribution in [3.63, 3.8) is 0 Å². The Bertz CT molecular complexity index is 1780. The normalized spacial score (nSPS) is 16.5. The van der Waals surface area contributed by atoms with Crippen molar-refractivity contribution < 1.29 is 42.3 Å². The molecule has 0 spiro atoms. The minimum atomic E-state index is -1.57. The molecule has 3 heterocycles. The number of benzene rings is 2. The Balaban J connectivity index is 1.59. The molecule has 0 saturated heterocycles. The average Bonchev–Trinajstić information content (AvgIpc) is 3.09. The van der Waals surface area contributed by atoms with Gasteiger partial charge in [-0.3, -0.25) is 9.59 Å². The number of aromatic nitrogens is 2. The number of esters is 1. The Morgan fingerprint density at radius 2 is 1.63 bits per heavy atom. The molecule has 294 valence electrons. The van der Waals surface area contributed by atoms with Gasteiger partial charge >= 0.3 is 12.1 Å². The number of hydrogen-bond donors (Lipinski definition) is 2. The minimum absolute atomic E-state index is 0.0793. The molecule has 1 atom stereocenters. The predicted octanol–water partition coefficient (Wildman–Crippen LogP) is 5.22. The number of nitrogens with zero attached hydrogens (tertiary/aromatic N) is 4. The van der Waals surface area contributed by atoms with Crippen molar-refractivity contribution in [2.24, 2.45) is 0 Å². The first kappa shape index (κ1) is 42.1. The third-order valence-electron chi connectivity index (χ3n) is 7.60. The summed E-state index contributed by atoms with van der Waals surface area (Å²) in [4.78, 5) is 49.5. The van der Waals surface area contributed by atoms with Crippen LogP contribution < -0.4 is 15.8 Å². The number of anilines is 2. The zero-order valence-corrected chi connectivity index (χ0v) is 33.0. The van der Waals surface area contributed by atoms with E-state index in [0.717, 1.165) is 0 Å². The number of ether oxygens (including phenoxy) is 5. The lowest BCUT2D eigenvalue weighted by molar-refractivity contribution is -0.154. The fourth-order valence-corrected chi connectivity index (χ4v) is 6.38. The van der Waals surface area contributed by atoms with Crippen molar-refractivity contribution in [3.8, 4) is 17.0 Å². The van der Waals surface area contributed by atoms with E-state index in [2.05, 4.69) is 15.3 Å². The van der Waals surface area contributed by atoms with Crippen LogP contribution >= 0.6 is 0 Å². The van der Waals surface area contributed by atoms with Crippen molar-refractivity contribution in [2.75, 3.05) is 64.2 Å². The second kappa shape index (κ2) is 19.1. The van der Waals surface area contributed by atoms with Gasteiger partial charge in [-0.2, -0.15) is 0 Å². The maximum atomic E-state index is 13.7. The van der Waals surface area contributed by atoms with Crippen molar-refractivity contribution in [2.45, 2.75) is 77.0 Å². The Labute approximate surface area is 319 Å². The van der Waals surface area contributed by atoms with Crippen LogP contribution in [0, 0.1) is 0 Å². The van der Waals surface area contributed by atoms with Crippen LogP contribution in [-0.2, 0) is 41.3 Å². The van der Waals surface area contributed by atoms with Crippen LogP contribution in [0.5, 0.6) is 5.75 Å². The van der Waals surface area contributed by atoms with Crippen molar-refractivity contribution in [1.82, 2.24) is 19.2 Å². The summed E-state index contributed by atoms with van der Waals surface area (Å²) in [6.45, 7) is 12.8. The first-order valence-corrected chi connectivity index (χ1v) is 18.9. The number of rotatable bonds is 6. The van der Waals surface area contributed by atoms with E-state index in [4.69, 9.17) is 29.4 Å². The van der Waals surface area contributed by atoms with Crippen molar-refractivity contribution in [1.29, 1.82) is 0 Å². The van der Waals surface area contributed by atoms with Crippen LogP contribution in [-0.4, -0.2) is 106 Å². The topological polar surface area (TPSA) is 185 Å². The van der Waals surface area contributed by atoms with Crippen molar-refractivity contribution >= 4 is 40.5 Å². The van der Waals surface area contributed by atoms with E-state index in [-0.39, 0.29) is 63.5 Å². The summed E-state index contributed by atoms with van der Waals surface area (Å²) < 4.78 is 44.2. The van der Waals surface area contributed by atoms with Crippen LogP contribution in [0.2, 0.25) is 0 Å². The average molecular weight is 769 g/mol. The van der Waals surface area contributed by atoms with Crippen LogP contribution in [0.3, 0.4) is 0 Å². The molecular formula is C38H52N6O9S. The van der Waals surface area contributed by atoms with Gasteiger partial charge in [0.15, 0.2) is 11.5 Å². The van der Waals surface area contributed by atoms with E-state index in [0.29, 0.717) is 52.7 Å². The van der Waals surface area contributed by atoms with Crippen LogP contribution in [0.4, 0.5) is 16.3 Å². The molecule has 4 bridgehead atoms. The summed E-state index contributed by atoms with van der Waals surface area (Å²) in [5.74, 6) is -0.689. The van der Waals surface area contributed by atoms with Crippen molar-refractivity contribution in [3.05, 3.63) is 59.9 Å². The number of nitrogens with one attached hydrogen (secondary N) is 1. The summed E-state index contributed by atoms with van der Waals surface area (Å²) in [6, 6.07) is 12.1. The third kappa shape index (κ3) is 13.0. The molecule has 54 heavy (non-hydrogen) atoms. The number of para-hydroxylation sites is 1. The van der Waals surface area contributed by atoms with Gasteiger partial charge in [0.25, 0.3) is 5.91 Å². The largest absolute Gasteiger partial charge is 0.489 e. The molecule has 5 rings (SSSR count). The SMILES string of the molecule is CN(Cc1cccc2c1OCCOCCOCCN(CCCC(=O)OC(C)(C)C)S(=O)c1ccc(cc1)-c1cnc(N)c(n1)C(=O)N2)C(=O)OC(C)(C)C. The minimum Gasteiger partial charge on any atom is -0.489 e. The maximum Gasteiger partial charge on any atom is 0.410 e. The second-order valence-corrected chi connectivity index (χ2v) is 16.0. The number of nitrogens with two attached hydrogens (primary N) is 1. The lowest BCUT2D eigenvalue weighted by Gasteiger charge is -2.25. The Morgan fingerprint density at radius 1 is 0.963 bits per heavy atom. The zero-order valence-electron chi connectivity index (χ0n) is 32.1. The molecule has 2 aliphatic rings. The molecule has 16 heteroatoms. The standard InChI is InChI=1S/C38H52N6O9S/c1-37(2,3)52-31(45)12-9-17-44-18-19-49-20-21-50-22-23-51-33-27(25-43(7)36(47)53-38(4,5)6)10-8-11-29(33)42-35(46)32-34(39)40-24-30(41-32)26-13-15-28(16-14-26)54(44)48/h8,10-11,13-16,24H,9,12,17-23,25H2,1-7H3,(H2,39,40)(H,42,46). The predicted molar refractivity (Wildman–Crippen MR) is 204 cm³/mol. The number of amides is 2. The molecule has 1 unspecified atom stereocenters. The van der Waals surface area contributed by atoms with Gasteiger partial charge in [0.2, 0.25) is 0 Å². The lowest BCUT2D eigenvalue weighted by atomic mass is 10.1. The molecule has 2 aromatic carbocycles. The Morgan fingerprint density at radius 3 is 2.31 bits per heavy atom. The summed E-state index contributed by atoms with van der Waals surface area (Å²) >= 11 is 0. The zero-order chi connectivity index (χ0) is 39.5. The summed E-state index contributed by atoms with van der Waals surface area (Å²) in [7, 11) is 0.0414. The van der Waals surface area contributed by atoms with Gasteiger partial charge in [0.1, 0.15) is 34.5 Å². The van der Waals surface area contributed by atoms with E-state index in [1.807, 2.05) is 20.8 Å². The first-order valence-electron chi connectivity index (χ1n) is 17.8. The smallest absolute Gasteiger partial charge is 0.410 e. The fourth-order valence-electron chi connectivity index (χ4n) is 5.18. The molecule has 3 N–H and O–H groups in total. The molecular weight excluding hydrogens is 717 g/mol. The highest BCUT2D eigenvalue weighted by atomic mass is 32.2. The van der Waals surface area contributed by atoms with E-state index >= 15 is 0 Å². The number of carbonyl (C=O) groups is 3. The quantitative estimate of drug-likeness (QED) is 0.247. The molecule has 15 nitrogen and oxygen atoms in total. The van der Waals surface area contributed by atoms with Gasteiger partial charge in [0.05, 0.1) is 55.4 Å². The molecule has 0 saturated carbocycles. The monoisotopic (exact) mass is 768 g/mol. The Kier molecular flexibility index (Phi) is 14.9. The van der Waals surface area contributed by atoms with E-state index in [9.17, 15) is 18.6 Å². The molecule has 1 aromatic heterocycles. The molecule has 3 aromatic rings. The van der Waals surface area contributed by atoms with Gasteiger partial charge in [-0.05, 0) is 66.2 Å². The molecule has 0 fully saturated rings. The van der Waals surface area contributed by atoms with Crippen LogP contribution in [0.25, 0.3) is 11.3 Å². The first-order chi connectivity index (χ1) is 25.5. The second-order valence-electron chi connectivity index (χ2n) is 14.5. The highest BCUT2D eigenvalue weighted by Gasteiger charge is 2.24. The fraction of sp³-hybridized carbons (Fsp3) is 0.500. The van der Waals surface area contributed by atoms with Crippen LogP contribution in [0.15, 0.2) is 53.6 Å². The molecule has 0 aliphatic carbocycles. The highest BCUT2D eigenvalue weighted by molar-refractivity contribution is 7.82. The van der Waals surface area contributed by atoms with E-state index in [1.54, 1.807) is 74.6 Å².